The molecule has 1 heterocycles. The number of nitrogens with one attached hydrogen (secondary N) is 3. The van der Waals surface area contributed by atoms with E-state index in [-0.39, 0.29) is 42.7 Å². The minimum atomic E-state index is -0.172. The average molecular weight is 627 g/mol. The van der Waals surface area contributed by atoms with E-state index in [0.29, 0.717) is 69.8 Å². The van der Waals surface area contributed by atoms with Crippen LogP contribution in [0.3, 0.4) is 0 Å². The number of aromatic hydroxyl groups is 1. The standard InChI is InChI=1S/C27H34N10O6S/c1-15(28)13-30-25-33-26(31-14-16(2)29)35-27(34-25)32-19-5-8-21-17(11-19)12-22(44-43-42-40)23(24(21)39)37-36-18-3-6-20(7-4-18)41-10-9-38/h3-8,11-12,15-16,38-40H,9-10,13-14,28-29H2,1-2H3,(H3,30,31,32,33,34,35). The Balaban J connectivity index is 1.63. The third kappa shape index (κ3) is 9.32. The van der Waals surface area contributed by atoms with Crippen LogP contribution in [0.4, 0.5) is 34.9 Å². The van der Waals surface area contributed by atoms with Crippen molar-refractivity contribution < 1.29 is 29.6 Å². The molecule has 4 rings (SSSR count). The highest BCUT2D eigenvalue weighted by molar-refractivity contribution is 7.94. The van der Waals surface area contributed by atoms with Crippen LogP contribution in [0.2, 0.25) is 0 Å². The lowest BCUT2D eigenvalue weighted by Crippen LogP contribution is -2.27. The summed E-state index contributed by atoms with van der Waals surface area (Å²) < 4.78 is 10.00. The van der Waals surface area contributed by atoms with Crippen LogP contribution in [-0.4, -0.2) is 68.8 Å². The van der Waals surface area contributed by atoms with E-state index >= 15 is 0 Å². The van der Waals surface area contributed by atoms with Crippen molar-refractivity contribution in [1.29, 1.82) is 0 Å². The predicted molar refractivity (Wildman–Crippen MR) is 167 cm³/mol. The van der Waals surface area contributed by atoms with Crippen LogP contribution in [-0.2, 0) is 9.37 Å². The summed E-state index contributed by atoms with van der Waals surface area (Å²) in [5.74, 6) is 1.30. The van der Waals surface area contributed by atoms with Gasteiger partial charge in [0.15, 0.2) is 5.75 Å². The molecule has 1 aromatic heterocycles. The van der Waals surface area contributed by atoms with E-state index < -0.39 is 0 Å². The number of hydrogen-bond donors (Lipinski definition) is 8. The molecule has 3 aromatic carbocycles. The van der Waals surface area contributed by atoms with E-state index in [1.54, 1.807) is 48.5 Å². The quantitative estimate of drug-likeness (QED) is 0.0376. The van der Waals surface area contributed by atoms with Gasteiger partial charge in [0.2, 0.25) is 17.8 Å². The van der Waals surface area contributed by atoms with Gasteiger partial charge in [0.05, 0.1) is 29.2 Å². The zero-order chi connectivity index (χ0) is 31.5. The Morgan fingerprint density at radius 3 is 2.18 bits per heavy atom. The van der Waals surface area contributed by atoms with Crippen molar-refractivity contribution in [3.8, 4) is 11.5 Å². The molecule has 17 heteroatoms. The maximum absolute atomic E-state index is 11.2. The highest BCUT2D eigenvalue weighted by Crippen LogP contribution is 2.44. The van der Waals surface area contributed by atoms with Crippen LogP contribution in [0.25, 0.3) is 10.8 Å². The molecule has 0 spiro atoms. The first-order valence-corrected chi connectivity index (χ1v) is 14.2. The van der Waals surface area contributed by atoms with Gasteiger partial charge in [-0.2, -0.15) is 20.1 Å². The number of rotatable bonds is 16. The molecule has 0 saturated heterocycles. The summed E-state index contributed by atoms with van der Waals surface area (Å²) in [4.78, 5) is 13.5. The zero-order valence-electron chi connectivity index (χ0n) is 24.0. The first-order chi connectivity index (χ1) is 21.2. The number of ether oxygens (including phenoxy) is 1. The van der Waals surface area contributed by atoms with Gasteiger partial charge in [-0.05, 0) is 67.8 Å². The van der Waals surface area contributed by atoms with Crippen molar-refractivity contribution in [1.82, 2.24) is 15.0 Å². The van der Waals surface area contributed by atoms with Crippen molar-refractivity contribution in [2.75, 3.05) is 42.3 Å². The summed E-state index contributed by atoms with van der Waals surface area (Å²) in [6.45, 7) is 4.70. The predicted octanol–water partition coefficient (Wildman–Crippen LogP) is 4.21. The minimum absolute atomic E-state index is 0.0908. The van der Waals surface area contributed by atoms with Crippen molar-refractivity contribution in [2.45, 2.75) is 30.8 Å². The van der Waals surface area contributed by atoms with Crippen molar-refractivity contribution in [2.24, 2.45) is 21.7 Å². The van der Waals surface area contributed by atoms with Gasteiger partial charge in [-0.1, -0.05) is 5.04 Å². The highest BCUT2D eigenvalue weighted by atomic mass is 32.2. The average Bonchev–Trinajstić information content (AvgIpc) is 3.00. The zero-order valence-corrected chi connectivity index (χ0v) is 24.8. The van der Waals surface area contributed by atoms with E-state index in [0.717, 1.165) is 0 Å². The number of fused-ring (bicyclic) bond motifs is 1. The Hall–Kier alpha value is -4.36. The number of nitrogens with zero attached hydrogens (tertiary/aromatic N) is 5. The molecule has 2 atom stereocenters. The Morgan fingerprint density at radius 1 is 0.909 bits per heavy atom. The molecule has 234 valence electrons. The molecule has 0 fully saturated rings. The van der Waals surface area contributed by atoms with Gasteiger partial charge in [0.1, 0.15) is 18.0 Å². The van der Waals surface area contributed by atoms with E-state index in [1.165, 1.54) is 0 Å². The summed E-state index contributed by atoms with van der Waals surface area (Å²) in [6, 6.07) is 13.3. The normalized spacial score (nSPS) is 12.8. The van der Waals surface area contributed by atoms with Crippen LogP contribution in [0, 0.1) is 0 Å². The van der Waals surface area contributed by atoms with E-state index in [4.69, 9.17) is 26.6 Å². The second-order valence-electron chi connectivity index (χ2n) is 9.65. The third-order valence-electron chi connectivity index (χ3n) is 5.72. The number of aliphatic hydroxyl groups is 1. The Morgan fingerprint density at radius 2 is 1.57 bits per heavy atom. The summed E-state index contributed by atoms with van der Waals surface area (Å²) in [6.07, 6.45) is 0. The van der Waals surface area contributed by atoms with Gasteiger partial charge >= 0.3 is 0 Å². The maximum atomic E-state index is 11.2. The van der Waals surface area contributed by atoms with Crippen LogP contribution >= 0.6 is 12.0 Å². The summed E-state index contributed by atoms with van der Waals surface area (Å²) in [5.41, 5.74) is 12.9. The number of benzene rings is 3. The summed E-state index contributed by atoms with van der Waals surface area (Å²) in [5, 5.41) is 51.4. The van der Waals surface area contributed by atoms with Crippen LogP contribution in [0.1, 0.15) is 13.8 Å². The third-order valence-corrected chi connectivity index (χ3v) is 6.34. The van der Waals surface area contributed by atoms with Gasteiger partial charge in [-0.15, -0.1) is 9.45 Å². The van der Waals surface area contributed by atoms with Crippen molar-refractivity contribution >= 4 is 57.7 Å². The Labute approximate surface area is 256 Å². The Bertz CT molecular complexity index is 1530. The van der Waals surface area contributed by atoms with Crippen molar-refractivity contribution in [3.05, 3.63) is 48.5 Å². The number of phenolic OH excluding ortho intramolecular Hbond substituents is 1. The fourth-order valence-electron chi connectivity index (χ4n) is 3.75. The molecule has 2 unspecified atom stereocenters. The topological polar surface area (TPSA) is 240 Å². The monoisotopic (exact) mass is 626 g/mol. The van der Waals surface area contributed by atoms with Gasteiger partial charge in [0, 0.05) is 36.2 Å². The van der Waals surface area contributed by atoms with E-state index in [9.17, 15) is 5.11 Å². The molecular formula is C27H34N10O6S. The lowest BCUT2D eigenvalue weighted by molar-refractivity contribution is -0.432. The van der Waals surface area contributed by atoms with Gasteiger partial charge in [-0.3, -0.25) is 0 Å². The highest BCUT2D eigenvalue weighted by Gasteiger charge is 2.16. The summed E-state index contributed by atoms with van der Waals surface area (Å²) >= 11 is 0.632. The first kappa shape index (κ1) is 32.6. The van der Waals surface area contributed by atoms with Crippen LogP contribution < -0.4 is 32.2 Å². The SMILES string of the molecule is CC(N)CNc1nc(NCC(C)N)nc(Nc2ccc3c(O)c(N=Nc4ccc(OCCO)cc4)c(SOOO)cc3c2)n1. The van der Waals surface area contributed by atoms with Gasteiger partial charge < -0.3 is 42.4 Å². The molecule has 0 saturated carbocycles. The molecule has 44 heavy (non-hydrogen) atoms. The molecule has 0 bridgehead atoms. The molecule has 16 nitrogen and oxygen atoms in total. The number of anilines is 4. The van der Waals surface area contributed by atoms with Gasteiger partial charge in [-0.25, -0.2) is 5.26 Å². The lowest BCUT2D eigenvalue weighted by atomic mass is 10.1. The molecule has 4 aromatic rings. The van der Waals surface area contributed by atoms with E-state index in [1.807, 2.05) is 13.8 Å². The largest absolute Gasteiger partial charge is 0.505 e. The summed E-state index contributed by atoms with van der Waals surface area (Å²) in [7, 11) is 0. The van der Waals surface area contributed by atoms with Crippen LogP contribution in [0.5, 0.6) is 11.5 Å². The van der Waals surface area contributed by atoms with Crippen LogP contribution in [0.15, 0.2) is 63.7 Å². The van der Waals surface area contributed by atoms with E-state index in [2.05, 4.69) is 50.5 Å². The molecule has 10 N–H and O–H groups in total. The number of hydrogen-bond acceptors (Lipinski definition) is 17. The molecule has 0 aliphatic heterocycles. The smallest absolute Gasteiger partial charge is 0.233 e. The van der Waals surface area contributed by atoms with Crippen molar-refractivity contribution in [3.63, 3.8) is 0 Å². The maximum Gasteiger partial charge on any atom is 0.233 e. The number of aliphatic hydroxyl groups excluding tert-OH is 1. The molecule has 0 aliphatic rings. The first-order valence-electron chi connectivity index (χ1n) is 13.5. The molecule has 0 radical (unpaired) electrons. The number of aromatic nitrogens is 3. The molecular weight excluding hydrogens is 592 g/mol. The minimum Gasteiger partial charge on any atom is -0.505 e. The fourth-order valence-corrected chi connectivity index (χ4v) is 4.24. The second kappa shape index (κ2) is 15.9. The molecule has 0 aliphatic carbocycles. The van der Waals surface area contributed by atoms with Gasteiger partial charge in [0.25, 0.3) is 0 Å². The fraction of sp³-hybridized carbons (Fsp3) is 0.296. The lowest BCUT2D eigenvalue weighted by Gasteiger charge is -2.14. The Kier molecular flexibility index (Phi) is 11.8. The molecule has 0 amide bonds. The number of nitrogens with two attached hydrogens (primary N) is 2. The second-order valence-corrected chi connectivity index (χ2v) is 10.4. The number of phenols is 1. The number of azo groups is 1.